The topological polar surface area (TPSA) is 90.0 Å². The van der Waals surface area contributed by atoms with Gasteiger partial charge in [-0.3, -0.25) is 10.1 Å². The fourth-order valence-electron chi connectivity index (χ4n) is 2.31. The van der Waals surface area contributed by atoms with Gasteiger partial charge in [-0.15, -0.1) is 0 Å². The van der Waals surface area contributed by atoms with Gasteiger partial charge in [0.2, 0.25) is 11.1 Å². The Kier molecular flexibility index (Phi) is 3.01. The van der Waals surface area contributed by atoms with Gasteiger partial charge in [0.25, 0.3) is 0 Å². The van der Waals surface area contributed by atoms with Gasteiger partial charge in [-0.1, -0.05) is 0 Å². The van der Waals surface area contributed by atoms with Crippen LogP contribution in [-0.2, 0) is 13.1 Å². The predicted molar refractivity (Wildman–Crippen MR) is 71.7 cm³/mol. The van der Waals surface area contributed by atoms with Crippen LogP contribution in [0.1, 0.15) is 11.5 Å². The molecule has 3 rings (SSSR count). The average molecular weight is 295 g/mol. The SMILES string of the molecule is Cc1nc(Cl)nc(N2CCn3ccnc3C2)c1[N+](=O)[O-]. The Balaban J connectivity index is 2.05. The maximum atomic E-state index is 11.2. The Morgan fingerprint density at radius 1 is 1.40 bits per heavy atom. The second-order valence-corrected chi connectivity index (χ2v) is 4.80. The summed E-state index contributed by atoms with van der Waals surface area (Å²) < 4.78 is 2.01. The van der Waals surface area contributed by atoms with Crippen molar-refractivity contribution in [2.75, 3.05) is 11.4 Å². The third-order valence-corrected chi connectivity index (χ3v) is 3.41. The largest absolute Gasteiger partial charge is 0.341 e. The molecule has 0 fully saturated rings. The molecule has 0 unspecified atom stereocenters. The van der Waals surface area contributed by atoms with E-state index in [1.807, 2.05) is 10.8 Å². The molecule has 0 amide bonds. The van der Waals surface area contributed by atoms with Crippen molar-refractivity contribution < 1.29 is 4.92 Å². The first-order valence-corrected chi connectivity index (χ1v) is 6.37. The summed E-state index contributed by atoms with van der Waals surface area (Å²) in [4.78, 5) is 24.7. The van der Waals surface area contributed by atoms with Crippen LogP contribution < -0.4 is 4.90 Å². The summed E-state index contributed by atoms with van der Waals surface area (Å²) in [6.07, 6.45) is 3.60. The summed E-state index contributed by atoms with van der Waals surface area (Å²) in [5.41, 5.74) is 0.160. The smallest absolute Gasteiger partial charge is 0.332 e. The normalized spacial score (nSPS) is 14.2. The Hall–Kier alpha value is -2.22. The molecule has 2 aromatic heterocycles. The molecule has 0 saturated carbocycles. The summed E-state index contributed by atoms with van der Waals surface area (Å²) >= 11 is 5.83. The second kappa shape index (κ2) is 4.71. The molecule has 1 aliphatic heterocycles. The molecule has 9 heteroatoms. The number of rotatable bonds is 2. The molecule has 3 heterocycles. The maximum absolute atomic E-state index is 11.2. The van der Waals surface area contributed by atoms with Crippen LogP contribution in [-0.4, -0.2) is 31.0 Å². The van der Waals surface area contributed by atoms with Gasteiger partial charge in [0.05, 0.1) is 11.5 Å². The number of aryl methyl sites for hydroxylation is 1. The number of hydrogen-bond acceptors (Lipinski definition) is 6. The van der Waals surface area contributed by atoms with Crippen molar-refractivity contribution in [1.29, 1.82) is 0 Å². The molecule has 0 bridgehead atoms. The van der Waals surface area contributed by atoms with Crippen LogP contribution >= 0.6 is 11.6 Å². The average Bonchev–Trinajstić information content (AvgIpc) is 2.84. The summed E-state index contributed by atoms with van der Waals surface area (Å²) in [6.45, 7) is 3.32. The number of anilines is 1. The third-order valence-electron chi connectivity index (χ3n) is 3.24. The van der Waals surface area contributed by atoms with Gasteiger partial charge in [0.15, 0.2) is 0 Å². The van der Waals surface area contributed by atoms with Crippen LogP contribution in [0, 0.1) is 17.0 Å². The van der Waals surface area contributed by atoms with Gasteiger partial charge in [-0.05, 0) is 18.5 Å². The van der Waals surface area contributed by atoms with Crippen molar-refractivity contribution in [3.63, 3.8) is 0 Å². The fraction of sp³-hybridized carbons (Fsp3) is 0.364. The van der Waals surface area contributed by atoms with E-state index in [1.54, 1.807) is 18.0 Å². The molecule has 20 heavy (non-hydrogen) atoms. The van der Waals surface area contributed by atoms with Crippen LogP contribution in [0.4, 0.5) is 11.5 Å². The van der Waals surface area contributed by atoms with E-state index in [4.69, 9.17) is 11.6 Å². The van der Waals surface area contributed by atoms with Crippen molar-refractivity contribution >= 4 is 23.1 Å². The lowest BCUT2D eigenvalue weighted by molar-refractivity contribution is -0.385. The van der Waals surface area contributed by atoms with Crippen LogP contribution in [0.25, 0.3) is 0 Å². The van der Waals surface area contributed by atoms with E-state index in [-0.39, 0.29) is 22.5 Å². The molecular weight excluding hydrogens is 284 g/mol. The standard InChI is InChI=1S/C11H11ClN6O2/c1-7-9(18(19)20)10(15-11(12)14-7)17-5-4-16-3-2-13-8(16)6-17/h2-3H,4-6H2,1H3. The highest BCUT2D eigenvalue weighted by atomic mass is 35.5. The molecule has 0 atom stereocenters. The van der Waals surface area contributed by atoms with E-state index in [2.05, 4.69) is 15.0 Å². The molecule has 0 aromatic carbocycles. The number of fused-ring (bicyclic) bond motifs is 1. The van der Waals surface area contributed by atoms with Crippen LogP contribution in [0.2, 0.25) is 5.28 Å². The van der Waals surface area contributed by atoms with E-state index in [9.17, 15) is 10.1 Å². The first-order valence-electron chi connectivity index (χ1n) is 5.99. The van der Waals surface area contributed by atoms with Crippen LogP contribution in [0.3, 0.4) is 0 Å². The van der Waals surface area contributed by atoms with Gasteiger partial charge in [-0.2, -0.15) is 4.98 Å². The molecule has 1 aliphatic rings. The lowest BCUT2D eigenvalue weighted by Gasteiger charge is -2.28. The summed E-state index contributed by atoms with van der Waals surface area (Å²) in [5, 5.41) is 11.2. The van der Waals surface area contributed by atoms with Crippen molar-refractivity contribution in [3.05, 3.63) is 39.3 Å². The lowest BCUT2D eigenvalue weighted by Crippen LogP contribution is -2.34. The molecule has 0 aliphatic carbocycles. The molecule has 0 radical (unpaired) electrons. The van der Waals surface area contributed by atoms with Crippen molar-refractivity contribution in [3.8, 4) is 0 Å². The van der Waals surface area contributed by atoms with E-state index in [1.165, 1.54) is 0 Å². The van der Waals surface area contributed by atoms with Gasteiger partial charge < -0.3 is 9.47 Å². The zero-order chi connectivity index (χ0) is 14.3. The van der Waals surface area contributed by atoms with Crippen LogP contribution in [0.5, 0.6) is 0 Å². The number of imidazole rings is 1. The number of hydrogen-bond donors (Lipinski definition) is 0. The summed E-state index contributed by atoms with van der Waals surface area (Å²) in [7, 11) is 0. The lowest BCUT2D eigenvalue weighted by atomic mass is 10.3. The molecule has 104 valence electrons. The third kappa shape index (κ3) is 2.07. The quantitative estimate of drug-likeness (QED) is 0.474. The Labute approximate surface area is 119 Å². The molecule has 0 spiro atoms. The molecule has 2 aromatic rings. The monoisotopic (exact) mass is 294 g/mol. The zero-order valence-corrected chi connectivity index (χ0v) is 11.4. The van der Waals surface area contributed by atoms with Gasteiger partial charge in [0, 0.05) is 25.5 Å². The van der Waals surface area contributed by atoms with Crippen molar-refractivity contribution in [2.24, 2.45) is 0 Å². The van der Waals surface area contributed by atoms with Crippen molar-refractivity contribution in [2.45, 2.75) is 20.0 Å². The van der Waals surface area contributed by atoms with Crippen LogP contribution in [0.15, 0.2) is 12.4 Å². The highest BCUT2D eigenvalue weighted by Crippen LogP contribution is 2.31. The van der Waals surface area contributed by atoms with Gasteiger partial charge in [0.1, 0.15) is 11.5 Å². The summed E-state index contributed by atoms with van der Waals surface area (Å²) in [6, 6.07) is 0. The number of nitro groups is 1. The molecule has 8 nitrogen and oxygen atoms in total. The fourth-order valence-corrected chi connectivity index (χ4v) is 2.51. The highest BCUT2D eigenvalue weighted by molar-refractivity contribution is 6.28. The number of nitrogens with zero attached hydrogens (tertiary/aromatic N) is 6. The second-order valence-electron chi connectivity index (χ2n) is 4.47. The minimum absolute atomic E-state index is 0.0111. The van der Waals surface area contributed by atoms with E-state index < -0.39 is 4.92 Å². The Morgan fingerprint density at radius 2 is 2.20 bits per heavy atom. The number of aromatic nitrogens is 4. The van der Waals surface area contributed by atoms with E-state index in [0.717, 1.165) is 5.82 Å². The van der Waals surface area contributed by atoms with E-state index >= 15 is 0 Å². The van der Waals surface area contributed by atoms with E-state index in [0.29, 0.717) is 19.6 Å². The molecule has 0 saturated heterocycles. The minimum Gasteiger partial charge on any atom is -0.341 e. The highest BCUT2D eigenvalue weighted by Gasteiger charge is 2.28. The van der Waals surface area contributed by atoms with Crippen molar-refractivity contribution in [1.82, 2.24) is 19.5 Å². The van der Waals surface area contributed by atoms with Gasteiger partial charge in [-0.25, -0.2) is 9.97 Å². The zero-order valence-electron chi connectivity index (χ0n) is 10.7. The first kappa shape index (κ1) is 12.8. The maximum Gasteiger partial charge on any atom is 0.332 e. The minimum atomic E-state index is -0.470. The molecular formula is C11H11ClN6O2. The predicted octanol–water partition coefficient (Wildman–Crippen LogP) is 1.56. The Morgan fingerprint density at radius 3 is 2.95 bits per heavy atom. The van der Waals surface area contributed by atoms with Gasteiger partial charge >= 0.3 is 5.69 Å². The Bertz CT molecular complexity index is 686. The summed E-state index contributed by atoms with van der Waals surface area (Å²) in [5.74, 6) is 1.10. The first-order chi connectivity index (χ1) is 9.56. The number of halogens is 1. The molecule has 0 N–H and O–H groups in total.